The Hall–Kier alpha value is -2.21. The van der Waals surface area contributed by atoms with Gasteiger partial charge in [-0.3, -0.25) is 4.90 Å². The lowest BCUT2D eigenvalue weighted by atomic mass is 10.1. The van der Waals surface area contributed by atoms with Crippen LogP contribution in [0.3, 0.4) is 0 Å². The molecule has 0 saturated carbocycles. The molecule has 6 heteroatoms. The molecular formula is C15H15F2NO3. The molecule has 0 fully saturated rings. The fourth-order valence-electron chi connectivity index (χ4n) is 1.96. The molecule has 0 aliphatic heterocycles. The van der Waals surface area contributed by atoms with Crippen molar-refractivity contribution >= 4 is 5.97 Å². The lowest BCUT2D eigenvalue weighted by Gasteiger charge is -2.13. The van der Waals surface area contributed by atoms with Gasteiger partial charge in [0.05, 0.1) is 18.7 Å². The lowest BCUT2D eigenvalue weighted by Crippen LogP contribution is -2.23. The molecule has 0 unspecified atom stereocenters. The molecule has 0 radical (unpaired) electrons. The van der Waals surface area contributed by atoms with Gasteiger partial charge in [-0.15, -0.1) is 0 Å². The van der Waals surface area contributed by atoms with E-state index >= 15 is 0 Å². The predicted molar refractivity (Wildman–Crippen MR) is 73.4 cm³/mol. The Morgan fingerprint density at radius 1 is 1.24 bits per heavy atom. The van der Waals surface area contributed by atoms with Crippen LogP contribution >= 0.6 is 0 Å². The number of carboxylic acid groups (broad SMARTS) is 1. The van der Waals surface area contributed by atoms with Crippen molar-refractivity contribution < 1.29 is 23.1 Å². The highest BCUT2D eigenvalue weighted by Gasteiger charge is 2.11. The second-order valence-corrected chi connectivity index (χ2v) is 4.74. The molecule has 0 amide bonds. The number of benzene rings is 1. The van der Waals surface area contributed by atoms with Gasteiger partial charge in [0.1, 0.15) is 11.5 Å². The van der Waals surface area contributed by atoms with E-state index in [-0.39, 0.29) is 18.7 Å². The maximum absolute atomic E-state index is 12.2. The van der Waals surface area contributed by atoms with Crippen molar-refractivity contribution in [2.75, 3.05) is 13.6 Å². The molecule has 1 N–H and O–H groups in total. The lowest BCUT2D eigenvalue weighted by molar-refractivity contribution is 0.0696. The summed E-state index contributed by atoms with van der Waals surface area (Å²) in [4.78, 5) is 12.2. The summed E-state index contributed by atoms with van der Waals surface area (Å²) in [5, 5.41) is 8.83. The predicted octanol–water partition coefficient (Wildman–Crippen LogP) is 3.34. The first-order chi connectivity index (χ1) is 9.95. The Morgan fingerprint density at radius 2 is 1.90 bits per heavy atom. The fourth-order valence-corrected chi connectivity index (χ4v) is 1.96. The van der Waals surface area contributed by atoms with Crippen molar-refractivity contribution in [1.82, 2.24) is 4.90 Å². The molecule has 1 heterocycles. The van der Waals surface area contributed by atoms with Gasteiger partial charge in [-0.25, -0.2) is 13.6 Å². The van der Waals surface area contributed by atoms with Crippen LogP contribution in [-0.4, -0.2) is 36.0 Å². The van der Waals surface area contributed by atoms with Gasteiger partial charge >= 0.3 is 5.97 Å². The van der Waals surface area contributed by atoms with Crippen LogP contribution in [0.15, 0.2) is 40.8 Å². The number of hydrogen-bond acceptors (Lipinski definition) is 3. The largest absolute Gasteiger partial charge is 0.478 e. The van der Waals surface area contributed by atoms with Crippen LogP contribution in [0.25, 0.3) is 11.3 Å². The molecule has 0 aliphatic carbocycles. The molecule has 4 nitrogen and oxygen atoms in total. The van der Waals surface area contributed by atoms with Crippen molar-refractivity contribution in [1.29, 1.82) is 0 Å². The zero-order valence-corrected chi connectivity index (χ0v) is 11.4. The Morgan fingerprint density at radius 3 is 2.48 bits per heavy atom. The van der Waals surface area contributed by atoms with Gasteiger partial charge in [0.2, 0.25) is 0 Å². The Bertz CT molecular complexity index is 608. The highest BCUT2D eigenvalue weighted by atomic mass is 19.3. The van der Waals surface area contributed by atoms with E-state index in [0.717, 1.165) is 5.56 Å². The molecular weight excluding hydrogens is 280 g/mol. The molecule has 0 atom stereocenters. The van der Waals surface area contributed by atoms with Crippen molar-refractivity contribution in [2.24, 2.45) is 0 Å². The summed E-state index contributed by atoms with van der Waals surface area (Å²) < 4.78 is 30.1. The highest BCUT2D eigenvalue weighted by molar-refractivity contribution is 5.88. The van der Waals surface area contributed by atoms with Crippen LogP contribution in [0.5, 0.6) is 0 Å². The van der Waals surface area contributed by atoms with E-state index in [4.69, 9.17) is 9.52 Å². The van der Waals surface area contributed by atoms with E-state index in [2.05, 4.69) is 0 Å². The van der Waals surface area contributed by atoms with Crippen LogP contribution in [0, 0.1) is 0 Å². The van der Waals surface area contributed by atoms with Crippen molar-refractivity contribution in [3.63, 3.8) is 0 Å². The van der Waals surface area contributed by atoms with Gasteiger partial charge in [0.15, 0.2) is 0 Å². The van der Waals surface area contributed by atoms with E-state index in [0.29, 0.717) is 11.5 Å². The molecule has 0 aliphatic rings. The number of carbonyl (C=O) groups is 1. The topological polar surface area (TPSA) is 53.7 Å². The molecule has 0 spiro atoms. The zero-order chi connectivity index (χ0) is 15.4. The molecule has 112 valence electrons. The molecule has 1 aromatic heterocycles. The minimum absolute atomic E-state index is 0.196. The average Bonchev–Trinajstić information content (AvgIpc) is 2.86. The number of alkyl halides is 2. The molecule has 2 rings (SSSR count). The smallest absolute Gasteiger partial charge is 0.335 e. The monoisotopic (exact) mass is 295 g/mol. The van der Waals surface area contributed by atoms with Crippen molar-refractivity contribution in [3.8, 4) is 11.3 Å². The van der Waals surface area contributed by atoms with E-state index < -0.39 is 12.4 Å². The van der Waals surface area contributed by atoms with Gasteiger partial charge in [0, 0.05) is 5.56 Å². The van der Waals surface area contributed by atoms with Crippen LogP contribution in [0.1, 0.15) is 16.1 Å². The quantitative estimate of drug-likeness (QED) is 0.888. The van der Waals surface area contributed by atoms with E-state index in [1.807, 2.05) is 0 Å². The van der Waals surface area contributed by atoms with Crippen LogP contribution in [0.4, 0.5) is 8.78 Å². The molecule has 1 aromatic carbocycles. The molecule has 0 bridgehead atoms. The third-order valence-electron chi connectivity index (χ3n) is 2.95. The maximum atomic E-state index is 12.2. The molecule has 21 heavy (non-hydrogen) atoms. The second-order valence-electron chi connectivity index (χ2n) is 4.74. The van der Waals surface area contributed by atoms with E-state index in [1.54, 1.807) is 31.3 Å². The van der Waals surface area contributed by atoms with E-state index in [1.165, 1.54) is 17.0 Å². The number of aromatic carboxylic acids is 1. The van der Waals surface area contributed by atoms with E-state index in [9.17, 15) is 13.6 Å². The van der Waals surface area contributed by atoms with Gasteiger partial charge in [-0.1, -0.05) is 12.1 Å². The van der Waals surface area contributed by atoms with Crippen molar-refractivity contribution in [3.05, 3.63) is 47.7 Å². The summed E-state index contributed by atoms with van der Waals surface area (Å²) in [5.41, 5.74) is 0.935. The number of halogens is 2. The maximum Gasteiger partial charge on any atom is 0.335 e. The average molecular weight is 295 g/mol. The minimum Gasteiger partial charge on any atom is -0.478 e. The summed E-state index contributed by atoms with van der Waals surface area (Å²) in [6.45, 7) is -0.0269. The molecule has 0 saturated heterocycles. The second kappa shape index (κ2) is 6.49. The number of rotatable bonds is 6. The van der Waals surface area contributed by atoms with Crippen LogP contribution in [0.2, 0.25) is 0 Å². The highest BCUT2D eigenvalue weighted by Crippen LogP contribution is 2.23. The van der Waals surface area contributed by atoms with Crippen LogP contribution in [-0.2, 0) is 6.54 Å². The first-order valence-electron chi connectivity index (χ1n) is 6.35. The Kier molecular flexibility index (Phi) is 4.70. The zero-order valence-electron chi connectivity index (χ0n) is 11.4. The summed E-state index contributed by atoms with van der Waals surface area (Å²) in [7, 11) is 1.59. The van der Waals surface area contributed by atoms with Gasteiger partial charge in [-0.2, -0.15) is 0 Å². The van der Waals surface area contributed by atoms with Crippen LogP contribution < -0.4 is 0 Å². The first-order valence-corrected chi connectivity index (χ1v) is 6.35. The summed E-state index contributed by atoms with van der Waals surface area (Å²) in [6.07, 6.45) is -2.38. The Labute approximate surface area is 120 Å². The van der Waals surface area contributed by atoms with Gasteiger partial charge in [-0.05, 0) is 31.3 Å². The third-order valence-corrected chi connectivity index (χ3v) is 2.95. The first kappa shape index (κ1) is 15.2. The number of furan rings is 1. The van der Waals surface area contributed by atoms with Crippen molar-refractivity contribution in [2.45, 2.75) is 13.0 Å². The molecule has 2 aromatic rings. The SMILES string of the molecule is CN(Cc1ccc(-c2ccc(C(=O)O)cc2)o1)CC(F)F. The summed E-state index contributed by atoms with van der Waals surface area (Å²) in [5.74, 6) is 0.165. The summed E-state index contributed by atoms with van der Waals surface area (Å²) in [6, 6.07) is 9.74. The fraction of sp³-hybridized carbons (Fsp3) is 0.267. The van der Waals surface area contributed by atoms with Gasteiger partial charge in [0.25, 0.3) is 6.43 Å². The number of carboxylic acids is 1. The number of nitrogens with zero attached hydrogens (tertiary/aromatic N) is 1. The standard InChI is InChI=1S/C15H15F2NO3/c1-18(9-14(16)17)8-12-6-7-13(21-12)10-2-4-11(5-3-10)15(19)20/h2-7,14H,8-9H2,1H3,(H,19,20). The Balaban J connectivity index is 2.07. The van der Waals surface area contributed by atoms with Gasteiger partial charge < -0.3 is 9.52 Å². The third kappa shape index (κ3) is 4.13. The number of hydrogen-bond donors (Lipinski definition) is 1. The minimum atomic E-state index is -2.38. The summed E-state index contributed by atoms with van der Waals surface area (Å²) >= 11 is 0. The normalized spacial score (nSPS) is 11.3.